The number of imidazole rings is 1. The molecule has 0 aliphatic rings. The van der Waals surface area contributed by atoms with Crippen molar-refractivity contribution in [2.24, 2.45) is 7.05 Å². The average molecular weight is 478 g/mol. The smallest absolute Gasteiger partial charge is 0.282 e. The lowest BCUT2D eigenvalue weighted by Crippen LogP contribution is -2.28. The molecule has 0 bridgehead atoms. The molecule has 0 aliphatic carbocycles. The monoisotopic (exact) mass is 477 g/mol. The molecule has 0 fully saturated rings. The van der Waals surface area contributed by atoms with Crippen molar-refractivity contribution in [3.05, 3.63) is 78.0 Å². The number of rotatable bonds is 2. The van der Waals surface area contributed by atoms with Crippen LogP contribution in [0.15, 0.2) is 76.7 Å². The SMILES string of the molecule is CSc1c(C#N)c2n(c3ccccc3[n+]2C)c2ncccc12.Cc1ccc(S(=O)(=O)O)cc1. The summed E-state index contributed by atoms with van der Waals surface area (Å²) < 4.78 is 33.7. The summed E-state index contributed by atoms with van der Waals surface area (Å²) in [5, 5.41) is 10.8. The minimum Gasteiger partial charge on any atom is -0.282 e. The Bertz CT molecular complexity index is 1650. The maximum atomic E-state index is 10.5. The number of aryl methyl sites for hydroxylation is 2. The molecule has 0 aliphatic heterocycles. The van der Waals surface area contributed by atoms with E-state index >= 15 is 0 Å². The van der Waals surface area contributed by atoms with Crippen LogP contribution < -0.4 is 4.57 Å². The van der Waals surface area contributed by atoms with Gasteiger partial charge in [0.25, 0.3) is 10.1 Å². The van der Waals surface area contributed by atoms with Crippen molar-refractivity contribution in [3.63, 3.8) is 0 Å². The molecule has 3 heterocycles. The molecular weight excluding hydrogens is 456 g/mol. The first-order valence-electron chi connectivity index (χ1n) is 9.96. The number of para-hydroxylation sites is 2. The normalized spacial score (nSPS) is 11.4. The Labute approximate surface area is 195 Å². The van der Waals surface area contributed by atoms with Crippen molar-refractivity contribution in [3.8, 4) is 6.07 Å². The molecule has 0 atom stereocenters. The van der Waals surface area contributed by atoms with E-state index in [1.165, 1.54) is 12.1 Å². The Balaban J connectivity index is 0.000000200. The summed E-state index contributed by atoms with van der Waals surface area (Å²) in [4.78, 5) is 5.50. The van der Waals surface area contributed by atoms with Gasteiger partial charge in [0.05, 0.1) is 17.3 Å². The quantitative estimate of drug-likeness (QED) is 0.231. The Morgan fingerprint density at radius 3 is 2.42 bits per heavy atom. The molecule has 3 aromatic heterocycles. The molecular formula is C24H21N4O3S2+. The molecule has 166 valence electrons. The lowest BCUT2D eigenvalue weighted by molar-refractivity contribution is -0.618. The summed E-state index contributed by atoms with van der Waals surface area (Å²) in [6.07, 6.45) is 3.80. The number of fused-ring (bicyclic) bond motifs is 5. The molecule has 2 aromatic carbocycles. The van der Waals surface area contributed by atoms with Crippen LogP contribution in [0.5, 0.6) is 0 Å². The molecule has 0 saturated heterocycles. The van der Waals surface area contributed by atoms with Crippen molar-refractivity contribution in [2.45, 2.75) is 16.7 Å². The lowest BCUT2D eigenvalue weighted by Gasteiger charge is -2.05. The number of nitrogens with zero attached hydrogens (tertiary/aromatic N) is 4. The molecule has 0 radical (unpaired) electrons. The van der Waals surface area contributed by atoms with E-state index in [2.05, 4.69) is 32.2 Å². The molecule has 33 heavy (non-hydrogen) atoms. The summed E-state index contributed by atoms with van der Waals surface area (Å²) in [6.45, 7) is 1.84. The Hall–Kier alpha value is -3.45. The van der Waals surface area contributed by atoms with Gasteiger partial charge in [-0.1, -0.05) is 29.8 Å². The fraction of sp³-hybridized carbons (Fsp3) is 0.125. The van der Waals surface area contributed by atoms with E-state index in [4.69, 9.17) is 4.55 Å². The molecule has 5 rings (SSSR count). The number of thioether (sulfide) groups is 1. The van der Waals surface area contributed by atoms with E-state index in [9.17, 15) is 13.7 Å². The zero-order valence-electron chi connectivity index (χ0n) is 18.2. The fourth-order valence-electron chi connectivity index (χ4n) is 3.82. The van der Waals surface area contributed by atoms with Gasteiger partial charge in [0, 0.05) is 11.1 Å². The van der Waals surface area contributed by atoms with Crippen molar-refractivity contribution in [1.82, 2.24) is 9.38 Å². The van der Waals surface area contributed by atoms with Gasteiger partial charge in [-0.3, -0.25) is 4.55 Å². The van der Waals surface area contributed by atoms with Gasteiger partial charge in [0.1, 0.15) is 6.07 Å². The first kappa shape index (κ1) is 22.7. The number of hydrogen-bond acceptors (Lipinski definition) is 5. The van der Waals surface area contributed by atoms with E-state index in [0.717, 1.165) is 38.2 Å². The third-order valence-corrected chi connectivity index (χ3v) is 7.04. The van der Waals surface area contributed by atoms with Crippen LogP contribution in [-0.4, -0.2) is 28.6 Å². The van der Waals surface area contributed by atoms with E-state index in [0.29, 0.717) is 5.56 Å². The average Bonchev–Trinajstić information content (AvgIpc) is 3.11. The number of benzene rings is 2. The lowest BCUT2D eigenvalue weighted by atomic mass is 10.2. The van der Waals surface area contributed by atoms with Crippen molar-refractivity contribution in [2.75, 3.05) is 6.26 Å². The van der Waals surface area contributed by atoms with Crippen molar-refractivity contribution >= 4 is 49.6 Å². The summed E-state index contributed by atoms with van der Waals surface area (Å²) in [7, 11) is -2.02. The first-order valence-corrected chi connectivity index (χ1v) is 12.6. The predicted molar refractivity (Wildman–Crippen MR) is 129 cm³/mol. The van der Waals surface area contributed by atoms with E-state index in [1.807, 2.05) is 44.5 Å². The molecule has 0 amide bonds. The molecule has 1 N–H and O–H groups in total. The van der Waals surface area contributed by atoms with E-state index < -0.39 is 10.1 Å². The molecule has 7 nitrogen and oxygen atoms in total. The Kier molecular flexibility index (Phi) is 6.08. The van der Waals surface area contributed by atoms with Gasteiger partial charge < -0.3 is 0 Å². The predicted octanol–water partition coefficient (Wildman–Crippen LogP) is 4.30. The molecule has 5 aromatic rings. The minimum atomic E-state index is -4.02. The number of nitriles is 1. The maximum Gasteiger partial charge on any atom is 0.308 e. The second-order valence-corrected chi connectivity index (χ2v) is 9.63. The van der Waals surface area contributed by atoms with Crippen LogP contribution in [0.3, 0.4) is 0 Å². The summed E-state index contributed by atoms with van der Waals surface area (Å²) in [6, 6.07) is 20.5. The Morgan fingerprint density at radius 1 is 1.09 bits per heavy atom. The van der Waals surface area contributed by atoms with Gasteiger partial charge >= 0.3 is 5.65 Å². The zero-order chi connectivity index (χ0) is 23.8. The maximum absolute atomic E-state index is 10.5. The number of pyridine rings is 2. The molecule has 9 heteroatoms. The minimum absolute atomic E-state index is 0.0666. The van der Waals surface area contributed by atoms with Crippen molar-refractivity contribution < 1.29 is 17.5 Å². The highest BCUT2D eigenvalue weighted by atomic mass is 32.2. The molecule has 0 spiro atoms. The fourth-order valence-corrected chi connectivity index (χ4v) is 5.02. The number of aromatic nitrogens is 3. The molecule has 0 unspecified atom stereocenters. The Morgan fingerprint density at radius 2 is 1.79 bits per heavy atom. The van der Waals surface area contributed by atoms with Gasteiger partial charge in [-0.05, 0) is 49.6 Å². The van der Waals surface area contributed by atoms with Gasteiger partial charge in [-0.2, -0.15) is 18.1 Å². The van der Waals surface area contributed by atoms with Gasteiger partial charge in [-0.25, -0.2) is 9.55 Å². The standard InChI is InChI=1S/C17H13N4S.C7H8O3S/c1-20-13-7-3-4-8-14(13)21-16-11(6-5-9-19-16)15(22-2)12(10-18)17(20)21;1-6-2-4-7(5-3-6)11(8,9)10/h3-9H,1-2H3;2-5H,1H3,(H,8,9,10)/q+1;. The summed E-state index contributed by atoms with van der Waals surface area (Å²) in [5.41, 5.74) is 5.58. The van der Waals surface area contributed by atoms with Gasteiger partial charge in [-0.15, -0.1) is 11.8 Å². The zero-order valence-corrected chi connectivity index (χ0v) is 19.9. The third kappa shape index (κ3) is 4.04. The molecule has 0 saturated carbocycles. The third-order valence-electron chi connectivity index (χ3n) is 5.34. The summed E-state index contributed by atoms with van der Waals surface area (Å²) in [5.74, 6) is 0. The van der Waals surface area contributed by atoms with Crippen LogP contribution in [0.4, 0.5) is 0 Å². The van der Waals surface area contributed by atoms with Crippen LogP contribution in [0, 0.1) is 18.3 Å². The van der Waals surface area contributed by atoms with Crippen molar-refractivity contribution in [1.29, 1.82) is 5.26 Å². The highest BCUT2D eigenvalue weighted by Crippen LogP contribution is 2.33. The van der Waals surface area contributed by atoms with Crippen LogP contribution in [0.25, 0.3) is 27.7 Å². The van der Waals surface area contributed by atoms with Gasteiger partial charge in [0.2, 0.25) is 5.65 Å². The topological polar surface area (TPSA) is 99.3 Å². The van der Waals surface area contributed by atoms with Crippen LogP contribution in [-0.2, 0) is 17.2 Å². The number of hydrogen-bond donors (Lipinski definition) is 1. The van der Waals surface area contributed by atoms with E-state index in [-0.39, 0.29) is 4.90 Å². The second-order valence-electron chi connectivity index (χ2n) is 7.39. The second kappa shape index (κ2) is 8.83. The van der Waals surface area contributed by atoms with Crippen LogP contribution in [0.2, 0.25) is 0 Å². The summed E-state index contributed by atoms with van der Waals surface area (Å²) >= 11 is 1.59. The highest BCUT2D eigenvalue weighted by Gasteiger charge is 2.26. The van der Waals surface area contributed by atoms with Gasteiger partial charge in [0.15, 0.2) is 16.6 Å². The van der Waals surface area contributed by atoms with Crippen LogP contribution >= 0.6 is 11.8 Å². The van der Waals surface area contributed by atoms with E-state index in [1.54, 1.807) is 30.1 Å². The highest BCUT2D eigenvalue weighted by molar-refractivity contribution is 7.98. The first-order chi connectivity index (χ1) is 15.8. The largest absolute Gasteiger partial charge is 0.308 e. The van der Waals surface area contributed by atoms with Crippen LogP contribution in [0.1, 0.15) is 11.1 Å².